The normalized spacial score (nSPS) is 11.1. The Hall–Kier alpha value is -1.54. The van der Waals surface area contributed by atoms with Crippen molar-refractivity contribution in [3.8, 4) is 5.75 Å². The molecule has 0 spiro atoms. The predicted molar refractivity (Wildman–Crippen MR) is 70.2 cm³/mol. The zero-order valence-corrected chi connectivity index (χ0v) is 9.59. The van der Waals surface area contributed by atoms with Gasteiger partial charge in [0, 0.05) is 20.2 Å². The molecule has 0 aliphatic carbocycles. The fourth-order valence-electron chi connectivity index (χ4n) is 1.91. The monoisotopic (exact) mass is 227 g/mol. The van der Waals surface area contributed by atoms with E-state index in [2.05, 4.69) is 43.3 Å². The zero-order valence-electron chi connectivity index (χ0n) is 8.77. The molecule has 1 aromatic heterocycles. The van der Waals surface area contributed by atoms with Crippen molar-refractivity contribution in [2.75, 3.05) is 6.61 Å². The summed E-state index contributed by atoms with van der Waals surface area (Å²) in [5, 5.41) is 2.63. The molecule has 1 heterocycles. The molecule has 0 saturated heterocycles. The van der Waals surface area contributed by atoms with Gasteiger partial charge in [0.05, 0.1) is 6.61 Å². The summed E-state index contributed by atoms with van der Waals surface area (Å²) in [4.78, 5) is 0. The Bertz CT molecular complexity index is 639. The Morgan fingerprint density at radius 1 is 1.00 bits per heavy atom. The van der Waals surface area contributed by atoms with E-state index in [1.54, 1.807) is 11.3 Å². The molecule has 0 unspecified atom stereocenters. The summed E-state index contributed by atoms with van der Waals surface area (Å²) in [6.07, 6.45) is 0. The lowest BCUT2D eigenvalue weighted by Gasteiger charge is -2.01. The van der Waals surface area contributed by atoms with E-state index in [4.69, 9.17) is 4.74 Å². The minimum absolute atomic E-state index is 0.469. The fraction of sp³-hybridized carbons (Fsp3) is 0.0714. The first kappa shape index (κ1) is 9.67. The minimum atomic E-state index is 0.469. The molecule has 79 valence electrons. The van der Waals surface area contributed by atoms with Crippen LogP contribution < -0.4 is 4.74 Å². The maximum Gasteiger partial charge on any atom is 0.120 e. The van der Waals surface area contributed by atoms with Gasteiger partial charge >= 0.3 is 0 Å². The van der Waals surface area contributed by atoms with Gasteiger partial charge < -0.3 is 4.74 Å². The first-order valence-electron chi connectivity index (χ1n) is 5.22. The number of rotatable bonds is 2. The van der Waals surface area contributed by atoms with Crippen LogP contribution >= 0.6 is 11.3 Å². The number of benzene rings is 2. The van der Waals surface area contributed by atoms with Crippen molar-refractivity contribution in [2.45, 2.75) is 0 Å². The van der Waals surface area contributed by atoms with Crippen LogP contribution in [0.25, 0.3) is 20.2 Å². The van der Waals surface area contributed by atoms with Gasteiger partial charge in [0.15, 0.2) is 0 Å². The highest BCUT2D eigenvalue weighted by Crippen LogP contribution is 2.35. The van der Waals surface area contributed by atoms with Crippen LogP contribution in [0.2, 0.25) is 0 Å². The Balaban J connectivity index is 2.28. The molecule has 0 aliphatic rings. The van der Waals surface area contributed by atoms with Gasteiger partial charge in [-0.2, -0.15) is 0 Å². The van der Waals surface area contributed by atoms with E-state index in [0.29, 0.717) is 6.61 Å². The van der Waals surface area contributed by atoms with Crippen molar-refractivity contribution in [3.05, 3.63) is 49.4 Å². The van der Waals surface area contributed by atoms with Gasteiger partial charge in [-0.25, -0.2) is 0 Å². The van der Waals surface area contributed by atoms with E-state index >= 15 is 0 Å². The van der Waals surface area contributed by atoms with Gasteiger partial charge in [-0.3, -0.25) is 0 Å². The maximum atomic E-state index is 5.41. The summed E-state index contributed by atoms with van der Waals surface area (Å²) in [5.74, 6) is 0.897. The van der Waals surface area contributed by atoms with E-state index in [-0.39, 0.29) is 0 Å². The minimum Gasteiger partial charge on any atom is -0.494 e. The van der Waals surface area contributed by atoms with Gasteiger partial charge in [-0.05, 0) is 31.2 Å². The Morgan fingerprint density at radius 2 is 1.81 bits per heavy atom. The molecule has 16 heavy (non-hydrogen) atoms. The summed E-state index contributed by atoms with van der Waals surface area (Å²) in [6.45, 7) is 4.15. The third kappa shape index (κ3) is 1.46. The smallest absolute Gasteiger partial charge is 0.120 e. The molecule has 3 rings (SSSR count). The van der Waals surface area contributed by atoms with Crippen LogP contribution in [0.3, 0.4) is 0 Å². The number of hydrogen-bond acceptors (Lipinski definition) is 2. The van der Waals surface area contributed by atoms with Gasteiger partial charge in [0.1, 0.15) is 5.75 Å². The van der Waals surface area contributed by atoms with Gasteiger partial charge in [-0.1, -0.05) is 18.2 Å². The molecule has 0 atom stereocenters. The predicted octanol–water partition coefficient (Wildman–Crippen LogP) is 4.27. The third-order valence-electron chi connectivity index (χ3n) is 2.62. The van der Waals surface area contributed by atoms with Crippen molar-refractivity contribution >= 4 is 31.5 Å². The maximum absolute atomic E-state index is 5.41. The third-order valence-corrected chi connectivity index (χ3v) is 3.75. The van der Waals surface area contributed by atoms with Gasteiger partial charge in [0.25, 0.3) is 0 Å². The van der Waals surface area contributed by atoms with Crippen molar-refractivity contribution in [3.63, 3.8) is 0 Å². The molecule has 0 N–H and O–H groups in total. The number of hydrogen-bond donors (Lipinski definition) is 0. The summed E-state index contributed by atoms with van der Waals surface area (Å²) in [7, 11) is 0. The van der Waals surface area contributed by atoms with Crippen LogP contribution in [0.15, 0.2) is 42.5 Å². The van der Waals surface area contributed by atoms with E-state index < -0.39 is 0 Å². The van der Waals surface area contributed by atoms with Crippen molar-refractivity contribution in [1.29, 1.82) is 0 Å². The van der Waals surface area contributed by atoms with E-state index in [1.165, 1.54) is 20.2 Å². The molecule has 0 aliphatic heterocycles. The Morgan fingerprint density at radius 3 is 2.69 bits per heavy atom. The summed E-state index contributed by atoms with van der Waals surface area (Å²) in [6, 6.07) is 14.7. The molecule has 1 nitrogen and oxygen atoms in total. The topological polar surface area (TPSA) is 9.23 Å². The molecule has 0 saturated carbocycles. The van der Waals surface area contributed by atoms with E-state index in [1.807, 2.05) is 6.07 Å². The average Bonchev–Trinajstić information content (AvgIpc) is 2.67. The lowest BCUT2D eigenvalue weighted by Crippen LogP contribution is -1.90. The largest absolute Gasteiger partial charge is 0.494 e. The summed E-state index contributed by atoms with van der Waals surface area (Å²) < 4.78 is 8.00. The number of ether oxygens (including phenoxy) is 1. The van der Waals surface area contributed by atoms with Crippen LogP contribution in [-0.2, 0) is 0 Å². The van der Waals surface area contributed by atoms with Crippen LogP contribution in [0.1, 0.15) is 0 Å². The SMILES string of the molecule is [CH2]COc1ccc2c(c1)sc1ccccc12. The second kappa shape index (κ2) is 3.80. The van der Waals surface area contributed by atoms with Crippen molar-refractivity contribution < 1.29 is 4.74 Å². The molecule has 0 fully saturated rings. The van der Waals surface area contributed by atoms with Crippen LogP contribution in [0.5, 0.6) is 5.75 Å². The molecule has 1 radical (unpaired) electrons. The standard InChI is InChI=1S/C14H11OS/c1-2-15-10-7-8-12-11-5-3-4-6-13(11)16-14(12)9-10/h3-9H,1-2H2. The summed E-state index contributed by atoms with van der Waals surface area (Å²) >= 11 is 1.80. The first-order chi connectivity index (χ1) is 7.88. The van der Waals surface area contributed by atoms with Gasteiger partial charge in [0.2, 0.25) is 0 Å². The Kier molecular flexibility index (Phi) is 2.29. The lowest BCUT2D eigenvalue weighted by molar-refractivity contribution is 0.361. The number of fused-ring (bicyclic) bond motifs is 3. The van der Waals surface area contributed by atoms with Crippen molar-refractivity contribution in [2.24, 2.45) is 0 Å². The zero-order chi connectivity index (χ0) is 11.0. The first-order valence-corrected chi connectivity index (χ1v) is 6.03. The highest BCUT2D eigenvalue weighted by Gasteiger charge is 2.04. The van der Waals surface area contributed by atoms with Crippen LogP contribution in [0.4, 0.5) is 0 Å². The molecule has 3 aromatic rings. The van der Waals surface area contributed by atoms with E-state index in [0.717, 1.165) is 5.75 Å². The second-order valence-electron chi connectivity index (χ2n) is 3.60. The van der Waals surface area contributed by atoms with Crippen LogP contribution in [-0.4, -0.2) is 6.61 Å². The van der Waals surface area contributed by atoms with Crippen molar-refractivity contribution in [1.82, 2.24) is 0 Å². The molecule has 0 amide bonds. The average molecular weight is 227 g/mol. The Labute approximate surface area is 98.3 Å². The molecule has 0 bridgehead atoms. The number of thiophene rings is 1. The molecular formula is C14H11OS. The summed E-state index contributed by atoms with van der Waals surface area (Å²) in [5.41, 5.74) is 0. The van der Waals surface area contributed by atoms with Gasteiger partial charge in [-0.15, -0.1) is 11.3 Å². The molecular weight excluding hydrogens is 216 g/mol. The lowest BCUT2D eigenvalue weighted by atomic mass is 10.1. The van der Waals surface area contributed by atoms with E-state index in [9.17, 15) is 0 Å². The second-order valence-corrected chi connectivity index (χ2v) is 4.69. The highest BCUT2D eigenvalue weighted by molar-refractivity contribution is 7.25. The highest BCUT2D eigenvalue weighted by atomic mass is 32.1. The molecule has 2 heteroatoms. The molecule has 2 aromatic carbocycles. The van der Waals surface area contributed by atoms with Crippen LogP contribution in [0, 0.1) is 6.92 Å². The fourth-order valence-corrected chi connectivity index (χ4v) is 3.05. The quantitative estimate of drug-likeness (QED) is 0.635.